The zero-order chi connectivity index (χ0) is 38.0. The molecule has 1 heteroatoms. The van der Waals surface area contributed by atoms with Gasteiger partial charge in [0.25, 0.3) is 0 Å². The quantitative estimate of drug-likeness (QED) is 0.151. The summed E-state index contributed by atoms with van der Waals surface area (Å²) in [6, 6.07) is 85.7. The maximum Gasteiger partial charge on any atom is 0.0546 e. The van der Waals surface area contributed by atoms with Gasteiger partial charge in [-0.3, -0.25) is 0 Å². The van der Waals surface area contributed by atoms with Crippen LogP contribution in [0.5, 0.6) is 0 Å². The van der Waals surface area contributed by atoms with Gasteiger partial charge in [-0.05, 0) is 102 Å². The zero-order valence-corrected chi connectivity index (χ0v) is 31.5. The Morgan fingerprint density at radius 1 is 0.228 bits per heavy atom. The molecule has 0 amide bonds. The summed E-state index contributed by atoms with van der Waals surface area (Å²) in [4.78, 5) is 2.44. The highest BCUT2D eigenvalue weighted by Gasteiger charge is 2.23. The van der Waals surface area contributed by atoms with E-state index in [1.165, 1.54) is 77.2 Å². The van der Waals surface area contributed by atoms with Crippen LogP contribution in [0.4, 0.5) is 17.1 Å². The molecule has 10 aromatic rings. The molecule has 57 heavy (non-hydrogen) atoms. The van der Waals surface area contributed by atoms with Crippen molar-refractivity contribution in [2.45, 2.75) is 0 Å². The third-order valence-corrected chi connectivity index (χ3v) is 11.1. The molecule has 0 aliphatic carbocycles. The lowest BCUT2D eigenvalue weighted by Crippen LogP contribution is -2.12. The first-order chi connectivity index (χ1) is 28.3. The molecule has 0 radical (unpaired) electrons. The fraction of sp³-hybridized carbons (Fsp3) is 0. The van der Waals surface area contributed by atoms with Gasteiger partial charge in [0.15, 0.2) is 0 Å². The Balaban J connectivity index is 1.23. The van der Waals surface area contributed by atoms with Crippen molar-refractivity contribution < 1.29 is 0 Å². The van der Waals surface area contributed by atoms with Crippen molar-refractivity contribution in [3.05, 3.63) is 237 Å². The smallest absolute Gasteiger partial charge is 0.0546 e. The molecule has 0 atom stereocenters. The van der Waals surface area contributed by atoms with E-state index in [0.29, 0.717) is 0 Å². The Hall–Kier alpha value is -7.48. The van der Waals surface area contributed by atoms with E-state index in [9.17, 15) is 0 Å². The second kappa shape index (κ2) is 15.0. The minimum Gasteiger partial charge on any atom is -0.310 e. The highest BCUT2D eigenvalue weighted by molar-refractivity contribution is 6.07. The Labute approximate surface area is 334 Å². The van der Waals surface area contributed by atoms with Crippen molar-refractivity contribution in [2.24, 2.45) is 0 Å². The van der Waals surface area contributed by atoms with Gasteiger partial charge in [0, 0.05) is 16.9 Å². The average molecular weight is 726 g/mol. The maximum atomic E-state index is 2.44. The molecule has 0 bridgehead atoms. The minimum absolute atomic E-state index is 1.08. The average Bonchev–Trinajstić information content (AvgIpc) is 3.30. The summed E-state index contributed by atoms with van der Waals surface area (Å²) in [5.74, 6) is 0. The van der Waals surface area contributed by atoms with Gasteiger partial charge in [-0.2, -0.15) is 0 Å². The first kappa shape index (κ1) is 34.0. The molecule has 268 valence electrons. The third-order valence-electron chi connectivity index (χ3n) is 11.1. The zero-order valence-electron chi connectivity index (χ0n) is 31.5. The van der Waals surface area contributed by atoms with Crippen molar-refractivity contribution in [1.29, 1.82) is 0 Å². The molecular weight excluding hydrogens is 687 g/mol. The number of rotatable bonds is 8. The lowest BCUT2D eigenvalue weighted by molar-refractivity contribution is 1.28. The monoisotopic (exact) mass is 725 g/mol. The first-order valence-electron chi connectivity index (χ1n) is 19.6. The van der Waals surface area contributed by atoms with Crippen LogP contribution < -0.4 is 4.90 Å². The number of fused-ring (bicyclic) bond motifs is 2. The molecule has 10 aromatic carbocycles. The van der Waals surface area contributed by atoms with E-state index < -0.39 is 0 Å². The summed E-state index contributed by atoms with van der Waals surface area (Å²) < 4.78 is 0. The van der Waals surface area contributed by atoms with Crippen molar-refractivity contribution in [3.63, 3.8) is 0 Å². The van der Waals surface area contributed by atoms with E-state index in [1.807, 2.05) is 0 Å². The Kier molecular flexibility index (Phi) is 8.95. The molecule has 0 saturated heterocycles. The van der Waals surface area contributed by atoms with Gasteiger partial charge < -0.3 is 4.90 Å². The number of hydrogen-bond acceptors (Lipinski definition) is 1. The summed E-state index contributed by atoms with van der Waals surface area (Å²) >= 11 is 0. The van der Waals surface area contributed by atoms with E-state index >= 15 is 0 Å². The molecule has 0 aliphatic heterocycles. The molecule has 0 saturated carbocycles. The number of anilines is 3. The van der Waals surface area contributed by atoms with Gasteiger partial charge in [0.05, 0.1) is 5.69 Å². The SMILES string of the molecule is c1ccc(-c2ccc(N(c3ccc(-c4cccc5ccccc45)cc3)c3cccc(-c4cccc5ccccc45)c3-c3ccccc3-c3ccccc3)cc2)cc1. The number of nitrogens with zero attached hydrogens (tertiary/aromatic N) is 1. The van der Waals surface area contributed by atoms with Gasteiger partial charge in [0.2, 0.25) is 0 Å². The maximum absolute atomic E-state index is 2.44. The fourth-order valence-electron chi connectivity index (χ4n) is 8.39. The lowest BCUT2D eigenvalue weighted by Gasteiger charge is -2.30. The van der Waals surface area contributed by atoms with E-state index in [1.54, 1.807) is 0 Å². The standard InChI is InChI=1S/C56H39N/c1-3-16-40(17-4-1)41-32-36-46(37-33-41)57(47-38-34-45(35-39-47)49-28-13-22-43-20-7-9-24-48(43)49)55-31-15-30-54(52-29-14-23-44-21-8-10-25-50(44)52)56(55)53-27-12-11-26-51(53)42-18-5-2-6-19-42/h1-39H. The largest absolute Gasteiger partial charge is 0.310 e. The Morgan fingerprint density at radius 2 is 0.632 bits per heavy atom. The Bertz CT molecular complexity index is 2970. The lowest BCUT2D eigenvalue weighted by atomic mass is 9.86. The fourth-order valence-corrected chi connectivity index (χ4v) is 8.39. The van der Waals surface area contributed by atoms with Crippen molar-refractivity contribution in [3.8, 4) is 55.6 Å². The van der Waals surface area contributed by atoms with Crippen LogP contribution >= 0.6 is 0 Å². The van der Waals surface area contributed by atoms with E-state index in [4.69, 9.17) is 0 Å². The molecule has 0 N–H and O–H groups in total. The molecule has 0 heterocycles. The van der Waals surface area contributed by atoms with Crippen LogP contribution in [-0.4, -0.2) is 0 Å². The Morgan fingerprint density at radius 3 is 1.28 bits per heavy atom. The van der Waals surface area contributed by atoms with Gasteiger partial charge >= 0.3 is 0 Å². The summed E-state index contributed by atoms with van der Waals surface area (Å²) in [5.41, 5.74) is 15.2. The van der Waals surface area contributed by atoms with Crippen LogP contribution in [0.25, 0.3) is 77.2 Å². The van der Waals surface area contributed by atoms with Gasteiger partial charge in [-0.25, -0.2) is 0 Å². The molecule has 0 spiro atoms. The number of benzene rings is 10. The summed E-state index contributed by atoms with van der Waals surface area (Å²) in [6.45, 7) is 0. The second-order valence-corrected chi connectivity index (χ2v) is 14.5. The normalized spacial score (nSPS) is 11.2. The van der Waals surface area contributed by atoms with Crippen LogP contribution in [0.15, 0.2) is 237 Å². The summed E-state index contributed by atoms with van der Waals surface area (Å²) in [6.07, 6.45) is 0. The van der Waals surface area contributed by atoms with E-state index in [-0.39, 0.29) is 0 Å². The molecule has 0 fully saturated rings. The minimum atomic E-state index is 1.08. The first-order valence-corrected chi connectivity index (χ1v) is 19.6. The highest BCUT2D eigenvalue weighted by atomic mass is 15.1. The van der Waals surface area contributed by atoms with Gasteiger partial charge in [-0.15, -0.1) is 0 Å². The van der Waals surface area contributed by atoms with Crippen molar-refractivity contribution >= 4 is 38.6 Å². The summed E-state index contributed by atoms with van der Waals surface area (Å²) in [7, 11) is 0. The highest BCUT2D eigenvalue weighted by Crippen LogP contribution is 2.49. The molecule has 1 nitrogen and oxygen atoms in total. The topological polar surface area (TPSA) is 3.24 Å². The van der Waals surface area contributed by atoms with Crippen LogP contribution in [-0.2, 0) is 0 Å². The molecule has 0 aliphatic rings. The van der Waals surface area contributed by atoms with Gasteiger partial charge in [-0.1, -0.05) is 206 Å². The number of hydrogen-bond donors (Lipinski definition) is 0. The molecule has 0 aromatic heterocycles. The van der Waals surface area contributed by atoms with Crippen molar-refractivity contribution in [1.82, 2.24) is 0 Å². The van der Waals surface area contributed by atoms with Crippen LogP contribution in [0, 0.1) is 0 Å². The van der Waals surface area contributed by atoms with Gasteiger partial charge in [0.1, 0.15) is 0 Å². The predicted octanol–water partition coefficient (Wildman–Crippen LogP) is 15.8. The molecular formula is C56H39N. The summed E-state index contributed by atoms with van der Waals surface area (Å²) in [5, 5.41) is 4.95. The van der Waals surface area contributed by atoms with Crippen molar-refractivity contribution in [2.75, 3.05) is 4.90 Å². The van der Waals surface area contributed by atoms with Crippen LogP contribution in [0.3, 0.4) is 0 Å². The van der Waals surface area contributed by atoms with Crippen LogP contribution in [0.1, 0.15) is 0 Å². The van der Waals surface area contributed by atoms with E-state index in [0.717, 1.165) is 17.1 Å². The second-order valence-electron chi connectivity index (χ2n) is 14.5. The molecule has 10 rings (SSSR count). The molecule has 0 unspecified atom stereocenters. The third kappa shape index (κ3) is 6.46. The predicted molar refractivity (Wildman–Crippen MR) is 243 cm³/mol. The van der Waals surface area contributed by atoms with E-state index in [2.05, 4.69) is 241 Å². The van der Waals surface area contributed by atoms with Crippen LogP contribution in [0.2, 0.25) is 0 Å².